The second-order valence-electron chi connectivity index (χ2n) is 4.41. The van der Waals surface area contributed by atoms with Crippen LogP contribution in [0.1, 0.15) is 24.0 Å². The third-order valence-electron chi connectivity index (χ3n) is 3.05. The van der Waals surface area contributed by atoms with Gasteiger partial charge < -0.3 is 0 Å². The Labute approximate surface area is 116 Å². The molecule has 18 heavy (non-hydrogen) atoms. The van der Waals surface area contributed by atoms with E-state index in [0.29, 0.717) is 6.42 Å². The van der Waals surface area contributed by atoms with Crippen molar-refractivity contribution in [2.45, 2.75) is 19.3 Å². The largest absolute Gasteiger partial charge is 0.299 e. The fourth-order valence-corrected chi connectivity index (χ4v) is 2.38. The van der Waals surface area contributed by atoms with Gasteiger partial charge in [-0.05, 0) is 23.3 Å². The molecule has 0 N–H and O–H groups in total. The van der Waals surface area contributed by atoms with Gasteiger partial charge in [-0.25, -0.2) is 0 Å². The lowest BCUT2D eigenvalue weighted by atomic mass is 9.93. The van der Waals surface area contributed by atoms with E-state index in [1.165, 1.54) is 0 Å². The molecular formula is C16H15BrO. The molecule has 1 unspecified atom stereocenters. The van der Waals surface area contributed by atoms with Crippen LogP contribution in [-0.4, -0.2) is 5.78 Å². The Morgan fingerprint density at radius 3 is 2.50 bits per heavy atom. The Kier molecular flexibility index (Phi) is 4.32. The number of hydrogen-bond acceptors (Lipinski definition) is 1. The van der Waals surface area contributed by atoms with Gasteiger partial charge in [-0.15, -0.1) is 0 Å². The van der Waals surface area contributed by atoms with Crippen molar-refractivity contribution in [3.05, 3.63) is 70.2 Å². The van der Waals surface area contributed by atoms with Gasteiger partial charge in [0.2, 0.25) is 0 Å². The second-order valence-corrected chi connectivity index (χ2v) is 5.32. The van der Waals surface area contributed by atoms with Crippen molar-refractivity contribution in [1.82, 2.24) is 0 Å². The third kappa shape index (κ3) is 3.30. The maximum Gasteiger partial charge on any atom is 0.144 e. The van der Waals surface area contributed by atoms with Crippen molar-refractivity contribution >= 4 is 21.7 Å². The zero-order chi connectivity index (χ0) is 13.0. The molecule has 92 valence electrons. The standard InChI is InChI=1S/C16H15BrO/c1-12(14-7-3-2-4-8-14)16(18)11-13-6-5-9-15(17)10-13/h2-10,12H,11H2,1H3. The van der Waals surface area contributed by atoms with Gasteiger partial charge in [-0.1, -0.05) is 65.3 Å². The number of ketones is 1. The highest BCUT2D eigenvalue weighted by molar-refractivity contribution is 9.10. The van der Waals surface area contributed by atoms with E-state index in [-0.39, 0.29) is 11.7 Å². The first kappa shape index (κ1) is 13.0. The number of carbonyl (C=O) groups excluding carboxylic acids is 1. The van der Waals surface area contributed by atoms with Gasteiger partial charge in [0.1, 0.15) is 5.78 Å². The summed E-state index contributed by atoms with van der Waals surface area (Å²) in [5.41, 5.74) is 2.13. The van der Waals surface area contributed by atoms with Crippen LogP contribution in [-0.2, 0) is 11.2 Å². The van der Waals surface area contributed by atoms with E-state index in [2.05, 4.69) is 15.9 Å². The third-order valence-corrected chi connectivity index (χ3v) is 3.54. The molecule has 0 heterocycles. The number of rotatable bonds is 4. The van der Waals surface area contributed by atoms with Crippen LogP contribution >= 0.6 is 15.9 Å². The minimum absolute atomic E-state index is 0.0508. The van der Waals surface area contributed by atoms with Gasteiger partial charge in [0.05, 0.1) is 0 Å². The van der Waals surface area contributed by atoms with Crippen LogP contribution in [0.5, 0.6) is 0 Å². The number of Topliss-reactive ketones (excluding diaryl/α,β-unsaturated/α-hetero) is 1. The minimum atomic E-state index is -0.0508. The predicted octanol–water partition coefficient (Wildman–Crippen LogP) is 4.36. The van der Waals surface area contributed by atoms with Crippen molar-refractivity contribution in [3.63, 3.8) is 0 Å². The lowest BCUT2D eigenvalue weighted by molar-refractivity contribution is -0.119. The maximum absolute atomic E-state index is 12.2. The van der Waals surface area contributed by atoms with Crippen molar-refractivity contribution in [1.29, 1.82) is 0 Å². The topological polar surface area (TPSA) is 17.1 Å². The normalized spacial score (nSPS) is 12.1. The molecule has 0 spiro atoms. The van der Waals surface area contributed by atoms with Crippen molar-refractivity contribution in [2.24, 2.45) is 0 Å². The lowest BCUT2D eigenvalue weighted by Crippen LogP contribution is -2.11. The summed E-state index contributed by atoms with van der Waals surface area (Å²) >= 11 is 3.42. The summed E-state index contributed by atoms with van der Waals surface area (Å²) in [4.78, 5) is 12.2. The van der Waals surface area contributed by atoms with Gasteiger partial charge in [0.25, 0.3) is 0 Å². The number of carbonyl (C=O) groups is 1. The van der Waals surface area contributed by atoms with Crippen LogP contribution < -0.4 is 0 Å². The smallest absolute Gasteiger partial charge is 0.144 e. The molecule has 1 nitrogen and oxygen atoms in total. The quantitative estimate of drug-likeness (QED) is 0.820. The summed E-state index contributed by atoms with van der Waals surface area (Å²) in [6, 6.07) is 17.8. The van der Waals surface area contributed by atoms with E-state index in [0.717, 1.165) is 15.6 Å². The minimum Gasteiger partial charge on any atom is -0.299 e. The van der Waals surface area contributed by atoms with Crippen LogP contribution in [0.25, 0.3) is 0 Å². The zero-order valence-corrected chi connectivity index (χ0v) is 11.9. The molecule has 2 aromatic rings. The molecule has 2 rings (SSSR count). The molecular weight excluding hydrogens is 288 g/mol. The van der Waals surface area contributed by atoms with Gasteiger partial charge in [0.15, 0.2) is 0 Å². The Hall–Kier alpha value is -1.41. The molecule has 0 fully saturated rings. The molecule has 0 amide bonds. The molecule has 0 aromatic heterocycles. The zero-order valence-electron chi connectivity index (χ0n) is 10.3. The summed E-state index contributed by atoms with van der Waals surface area (Å²) in [5.74, 6) is 0.199. The fraction of sp³-hybridized carbons (Fsp3) is 0.188. The molecule has 2 aromatic carbocycles. The summed E-state index contributed by atoms with van der Waals surface area (Å²) in [6.07, 6.45) is 0.482. The Morgan fingerprint density at radius 1 is 1.11 bits per heavy atom. The Balaban J connectivity index is 2.09. The summed E-state index contributed by atoms with van der Waals surface area (Å²) in [6.45, 7) is 1.97. The van der Waals surface area contributed by atoms with Crippen molar-refractivity contribution in [2.75, 3.05) is 0 Å². The molecule has 0 aliphatic heterocycles. The van der Waals surface area contributed by atoms with E-state index in [9.17, 15) is 4.79 Å². The van der Waals surface area contributed by atoms with Gasteiger partial charge in [-0.2, -0.15) is 0 Å². The van der Waals surface area contributed by atoms with Gasteiger partial charge in [0, 0.05) is 16.8 Å². The van der Waals surface area contributed by atoms with E-state index in [4.69, 9.17) is 0 Å². The SMILES string of the molecule is CC(C(=O)Cc1cccc(Br)c1)c1ccccc1. The maximum atomic E-state index is 12.2. The van der Waals surface area contributed by atoms with Crippen LogP contribution in [0, 0.1) is 0 Å². The Morgan fingerprint density at radius 2 is 1.83 bits per heavy atom. The molecule has 0 radical (unpaired) electrons. The number of hydrogen-bond donors (Lipinski definition) is 0. The monoisotopic (exact) mass is 302 g/mol. The first-order valence-electron chi connectivity index (χ1n) is 5.99. The molecule has 1 atom stereocenters. The average Bonchev–Trinajstić information content (AvgIpc) is 2.39. The second kappa shape index (κ2) is 5.96. The summed E-state index contributed by atoms with van der Waals surface area (Å²) in [5, 5.41) is 0. The van der Waals surface area contributed by atoms with Crippen molar-refractivity contribution in [3.8, 4) is 0 Å². The molecule has 2 heteroatoms. The molecule has 0 bridgehead atoms. The lowest BCUT2D eigenvalue weighted by Gasteiger charge is -2.10. The van der Waals surface area contributed by atoms with Crippen LogP contribution in [0.4, 0.5) is 0 Å². The molecule has 0 aliphatic carbocycles. The molecule has 0 aliphatic rings. The van der Waals surface area contributed by atoms with Gasteiger partial charge >= 0.3 is 0 Å². The average molecular weight is 303 g/mol. The van der Waals surface area contributed by atoms with Crippen LogP contribution in [0.3, 0.4) is 0 Å². The van der Waals surface area contributed by atoms with Gasteiger partial charge in [-0.3, -0.25) is 4.79 Å². The molecule has 0 saturated heterocycles. The van der Waals surface area contributed by atoms with E-state index < -0.39 is 0 Å². The van der Waals surface area contributed by atoms with E-state index in [1.807, 2.05) is 61.5 Å². The first-order valence-corrected chi connectivity index (χ1v) is 6.78. The van der Waals surface area contributed by atoms with Crippen molar-refractivity contribution < 1.29 is 4.79 Å². The number of benzene rings is 2. The molecule has 0 saturated carbocycles. The summed E-state index contributed by atoms with van der Waals surface area (Å²) in [7, 11) is 0. The highest BCUT2D eigenvalue weighted by Gasteiger charge is 2.15. The Bertz CT molecular complexity index is 534. The van der Waals surface area contributed by atoms with Crippen LogP contribution in [0.15, 0.2) is 59.1 Å². The number of halogens is 1. The first-order chi connectivity index (χ1) is 8.66. The predicted molar refractivity (Wildman–Crippen MR) is 77.7 cm³/mol. The van der Waals surface area contributed by atoms with Crippen LogP contribution in [0.2, 0.25) is 0 Å². The fourth-order valence-electron chi connectivity index (χ4n) is 1.93. The summed E-state index contributed by atoms with van der Waals surface area (Å²) < 4.78 is 1.01. The highest BCUT2D eigenvalue weighted by atomic mass is 79.9. The van der Waals surface area contributed by atoms with E-state index >= 15 is 0 Å². The van der Waals surface area contributed by atoms with E-state index in [1.54, 1.807) is 0 Å². The highest BCUT2D eigenvalue weighted by Crippen LogP contribution is 2.19.